The number of rotatable bonds is 4. The van der Waals surface area contributed by atoms with Gasteiger partial charge in [-0.2, -0.15) is 0 Å². The summed E-state index contributed by atoms with van der Waals surface area (Å²) in [4.78, 5) is 2.40. The van der Waals surface area contributed by atoms with Crippen molar-refractivity contribution in [3.8, 4) is 5.75 Å². The maximum absolute atomic E-state index is 12.3. The van der Waals surface area contributed by atoms with Crippen LogP contribution < -0.4 is 9.46 Å². The summed E-state index contributed by atoms with van der Waals surface area (Å²) in [5, 5.41) is 0. The van der Waals surface area contributed by atoms with Crippen molar-refractivity contribution in [2.75, 3.05) is 27.2 Å². The first kappa shape index (κ1) is 14.3. The van der Waals surface area contributed by atoms with E-state index in [0.717, 1.165) is 13.1 Å². The summed E-state index contributed by atoms with van der Waals surface area (Å²) < 4.78 is 32.3. The number of hydrogen-bond acceptors (Lipinski definition) is 4. The Kier molecular flexibility index (Phi) is 4.13. The van der Waals surface area contributed by atoms with E-state index >= 15 is 0 Å². The molecule has 1 aromatic rings. The lowest BCUT2D eigenvalue weighted by atomic mass is 10.1. The predicted octanol–water partition coefficient (Wildman–Crippen LogP) is 0.924. The Morgan fingerprint density at radius 3 is 2.37 bits per heavy atom. The van der Waals surface area contributed by atoms with E-state index in [4.69, 9.17) is 4.74 Å². The molecule has 0 amide bonds. The van der Waals surface area contributed by atoms with Crippen LogP contribution in [0, 0.1) is 5.92 Å². The monoisotopic (exact) mass is 284 g/mol. The van der Waals surface area contributed by atoms with Crippen LogP contribution in [0.3, 0.4) is 0 Å². The molecule has 0 bridgehead atoms. The molecule has 1 fully saturated rings. The number of hydrogen-bond donors (Lipinski definition) is 1. The zero-order valence-electron chi connectivity index (χ0n) is 11.5. The Balaban J connectivity index is 2.13. The maximum atomic E-state index is 12.3. The van der Waals surface area contributed by atoms with Crippen LogP contribution in [0.4, 0.5) is 0 Å². The van der Waals surface area contributed by atoms with Crippen molar-refractivity contribution in [1.82, 2.24) is 9.62 Å². The molecular formula is C13H20N2O3S. The number of nitrogens with zero attached hydrogens (tertiary/aromatic N) is 1. The zero-order valence-corrected chi connectivity index (χ0v) is 12.3. The molecule has 1 N–H and O–H groups in total. The van der Waals surface area contributed by atoms with Crippen molar-refractivity contribution in [3.05, 3.63) is 24.3 Å². The van der Waals surface area contributed by atoms with Crippen LogP contribution in [0.1, 0.15) is 6.92 Å². The number of likely N-dealkylation sites (N-methyl/N-ethyl adjacent to an activating group) is 1. The lowest BCUT2D eigenvalue weighted by Gasteiger charge is -2.16. The minimum atomic E-state index is -3.46. The second-order valence-electron chi connectivity index (χ2n) is 5.10. The van der Waals surface area contributed by atoms with Gasteiger partial charge in [-0.25, -0.2) is 13.1 Å². The van der Waals surface area contributed by atoms with Crippen LogP contribution in [0.2, 0.25) is 0 Å². The highest BCUT2D eigenvalue weighted by Crippen LogP contribution is 2.19. The molecule has 1 aromatic carbocycles. The number of benzene rings is 1. The molecule has 2 atom stereocenters. The molecule has 1 aliphatic heterocycles. The van der Waals surface area contributed by atoms with Gasteiger partial charge in [-0.05, 0) is 37.2 Å². The van der Waals surface area contributed by atoms with Gasteiger partial charge in [-0.15, -0.1) is 0 Å². The Bertz CT molecular complexity index is 527. The molecule has 0 aliphatic carbocycles. The van der Waals surface area contributed by atoms with E-state index < -0.39 is 10.0 Å². The summed E-state index contributed by atoms with van der Waals surface area (Å²) in [7, 11) is 0.0943. The third-order valence-corrected chi connectivity index (χ3v) is 4.98. The van der Waals surface area contributed by atoms with Crippen molar-refractivity contribution in [2.24, 2.45) is 5.92 Å². The number of likely N-dealkylation sites (tertiary alicyclic amines) is 1. The van der Waals surface area contributed by atoms with Gasteiger partial charge in [0.25, 0.3) is 0 Å². The van der Waals surface area contributed by atoms with Crippen LogP contribution in [-0.2, 0) is 10.0 Å². The minimum Gasteiger partial charge on any atom is -0.497 e. The summed E-state index contributed by atoms with van der Waals surface area (Å²) in [5.41, 5.74) is 0. The minimum absolute atomic E-state index is 0.0305. The molecule has 1 saturated heterocycles. The molecule has 0 saturated carbocycles. The van der Waals surface area contributed by atoms with E-state index in [-0.39, 0.29) is 10.9 Å². The third kappa shape index (κ3) is 3.26. The first-order valence-corrected chi connectivity index (χ1v) is 7.75. The summed E-state index contributed by atoms with van der Waals surface area (Å²) in [6.07, 6.45) is 0. The van der Waals surface area contributed by atoms with Crippen LogP contribution in [0.25, 0.3) is 0 Å². The molecule has 0 spiro atoms. The van der Waals surface area contributed by atoms with Crippen LogP contribution in [0.15, 0.2) is 29.2 Å². The van der Waals surface area contributed by atoms with Gasteiger partial charge in [0.05, 0.1) is 12.0 Å². The fourth-order valence-corrected chi connectivity index (χ4v) is 3.72. The van der Waals surface area contributed by atoms with Gasteiger partial charge >= 0.3 is 0 Å². The smallest absolute Gasteiger partial charge is 0.240 e. The van der Waals surface area contributed by atoms with Crippen LogP contribution in [-0.4, -0.2) is 46.6 Å². The van der Waals surface area contributed by atoms with E-state index in [1.165, 1.54) is 0 Å². The van der Waals surface area contributed by atoms with Gasteiger partial charge in [0.1, 0.15) is 5.75 Å². The maximum Gasteiger partial charge on any atom is 0.240 e. The van der Waals surface area contributed by atoms with E-state index in [9.17, 15) is 8.42 Å². The quantitative estimate of drug-likeness (QED) is 0.893. The predicted molar refractivity (Wildman–Crippen MR) is 73.8 cm³/mol. The number of nitrogens with one attached hydrogen (secondary N) is 1. The van der Waals surface area contributed by atoms with E-state index in [1.54, 1.807) is 31.4 Å². The summed E-state index contributed by atoms with van der Waals surface area (Å²) in [6, 6.07) is 6.39. The summed E-state index contributed by atoms with van der Waals surface area (Å²) >= 11 is 0. The normalized spacial score (nSPS) is 24.6. The second kappa shape index (κ2) is 5.48. The molecule has 6 heteroatoms. The zero-order chi connectivity index (χ0) is 14.0. The van der Waals surface area contributed by atoms with Crippen LogP contribution in [0.5, 0.6) is 5.75 Å². The average molecular weight is 284 g/mol. The first-order chi connectivity index (χ1) is 8.92. The van der Waals surface area contributed by atoms with Crippen molar-refractivity contribution in [2.45, 2.75) is 17.9 Å². The Hall–Kier alpha value is -1.11. The fraction of sp³-hybridized carbons (Fsp3) is 0.538. The molecule has 1 heterocycles. The molecule has 19 heavy (non-hydrogen) atoms. The highest BCUT2D eigenvalue weighted by Gasteiger charge is 2.31. The highest BCUT2D eigenvalue weighted by atomic mass is 32.2. The molecule has 5 nitrogen and oxygen atoms in total. The molecule has 0 radical (unpaired) electrons. The van der Waals surface area contributed by atoms with E-state index in [0.29, 0.717) is 11.7 Å². The number of sulfonamides is 1. The third-order valence-electron chi connectivity index (χ3n) is 3.47. The van der Waals surface area contributed by atoms with Crippen molar-refractivity contribution in [3.63, 3.8) is 0 Å². The average Bonchev–Trinajstić information content (AvgIpc) is 2.67. The molecular weight excluding hydrogens is 264 g/mol. The lowest BCUT2D eigenvalue weighted by molar-refractivity contribution is 0.400. The SMILES string of the molecule is COc1ccc(S(=O)(=O)N[C@@H]2CN(C)C[C@H]2C)cc1. The highest BCUT2D eigenvalue weighted by molar-refractivity contribution is 7.89. The van der Waals surface area contributed by atoms with Crippen molar-refractivity contribution >= 4 is 10.0 Å². The van der Waals surface area contributed by atoms with Gasteiger partial charge in [-0.3, -0.25) is 0 Å². The van der Waals surface area contributed by atoms with Gasteiger partial charge in [0, 0.05) is 19.1 Å². The number of ether oxygens (including phenoxy) is 1. The van der Waals surface area contributed by atoms with E-state index in [1.807, 2.05) is 7.05 Å². The Labute approximate surface area is 114 Å². The van der Waals surface area contributed by atoms with Crippen LogP contribution >= 0.6 is 0 Å². The van der Waals surface area contributed by atoms with Crippen molar-refractivity contribution in [1.29, 1.82) is 0 Å². The first-order valence-electron chi connectivity index (χ1n) is 6.27. The summed E-state index contributed by atoms with van der Waals surface area (Å²) in [6.45, 7) is 3.72. The van der Waals surface area contributed by atoms with Gasteiger partial charge in [0.2, 0.25) is 10.0 Å². The molecule has 1 aliphatic rings. The van der Waals surface area contributed by atoms with Gasteiger partial charge in [0.15, 0.2) is 0 Å². The number of methoxy groups -OCH3 is 1. The van der Waals surface area contributed by atoms with Crippen molar-refractivity contribution < 1.29 is 13.2 Å². The summed E-state index contributed by atoms with van der Waals surface area (Å²) in [5.74, 6) is 0.964. The van der Waals surface area contributed by atoms with Gasteiger partial charge in [-0.1, -0.05) is 6.92 Å². The topological polar surface area (TPSA) is 58.6 Å². The molecule has 0 aromatic heterocycles. The largest absolute Gasteiger partial charge is 0.497 e. The molecule has 2 rings (SSSR count). The Morgan fingerprint density at radius 2 is 1.89 bits per heavy atom. The fourth-order valence-electron chi connectivity index (χ4n) is 2.38. The standard InChI is InChI=1S/C13H20N2O3S/c1-10-8-15(2)9-13(10)14-19(16,17)12-6-4-11(18-3)5-7-12/h4-7,10,13-14H,8-9H2,1-3H3/t10-,13-/m1/s1. The Morgan fingerprint density at radius 1 is 1.26 bits per heavy atom. The van der Waals surface area contributed by atoms with E-state index in [2.05, 4.69) is 16.5 Å². The molecule has 0 unspecified atom stereocenters. The molecule has 106 valence electrons. The lowest BCUT2D eigenvalue weighted by Crippen LogP contribution is -2.39. The van der Waals surface area contributed by atoms with Gasteiger partial charge < -0.3 is 9.64 Å². The second-order valence-corrected chi connectivity index (χ2v) is 6.82.